The van der Waals surface area contributed by atoms with Crippen molar-refractivity contribution >= 4 is 5.78 Å². The van der Waals surface area contributed by atoms with Crippen LogP contribution < -0.4 is 4.74 Å². The quantitative estimate of drug-likeness (QED) is 0.825. The predicted octanol–water partition coefficient (Wildman–Crippen LogP) is 3.38. The summed E-state index contributed by atoms with van der Waals surface area (Å²) < 4.78 is 5.75. The minimum atomic E-state index is -0.0283. The third-order valence-electron chi connectivity index (χ3n) is 4.34. The van der Waals surface area contributed by atoms with Gasteiger partial charge in [-0.15, -0.1) is 0 Å². The first-order chi connectivity index (χ1) is 9.58. The van der Waals surface area contributed by atoms with Crippen LogP contribution in [0.1, 0.15) is 44.6 Å². The van der Waals surface area contributed by atoms with Crippen molar-refractivity contribution in [2.45, 2.75) is 44.6 Å². The van der Waals surface area contributed by atoms with Crippen LogP contribution in [0.4, 0.5) is 0 Å². The standard InChI is InChI=1S/C17H25NO2/c1-4-12-20-16-7-5-6-14(13-16)17(18(2)3)10-8-15(19)9-11-17/h5-7,13H,4,8-12H2,1-3H3. The summed E-state index contributed by atoms with van der Waals surface area (Å²) in [5, 5.41) is 0. The molecule has 110 valence electrons. The van der Waals surface area contributed by atoms with E-state index in [9.17, 15) is 4.79 Å². The summed E-state index contributed by atoms with van der Waals surface area (Å²) in [6, 6.07) is 8.37. The van der Waals surface area contributed by atoms with Gasteiger partial charge in [0.05, 0.1) is 6.61 Å². The summed E-state index contributed by atoms with van der Waals surface area (Å²) in [6.45, 7) is 2.86. The number of carbonyl (C=O) groups excluding carboxylic acids is 1. The highest BCUT2D eigenvalue weighted by atomic mass is 16.5. The van der Waals surface area contributed by atoms with Crippen LogP contribution in [0.2, 0.25) is 0 Å². The number of nitrogens with zero attached hydrogens (tertiary/aromatic N) is 1. The molecule has 0 unspecified atom stereocenters. The van der Waals surface area contributed by atoms with Gasteiger partial charge in [0.1, 0.15) is 11.5 Å². The van der Waals surface area contributed by atoms with Crippen molar-refractivity contribution in [1.29, 1.82) is 0 Å². The van der Waals surface area contributed by atoms with Crippen molar-refractivity contribution < 1.29 is 9.53 Å². The van der Waals surface area contributed by atoms with E-state index >= 15 is 0 Å². The first kappa shape index (κ1) is 15.0. The average molecular weight is 275 g/mol. The van der Waals surface area contributed by atoms with E-state index in [-0.39, 0.29) is 5.54 Å². The molecule has 0 radical (unpaired) electrons. The van der Waals surface area contributed by atoms with Crippen LogP contribution in [-0.4, -0.2) is 31.4 Å². The molecular weight excluding hydrogens is 250 g/mol. The molecule has 1 aliphatic carbocycles. The van der Waals surface area contributed by atoms with Crippen LogP contribution in [0.15, 0.2) is 24.3 Å². The van der Waals surface area contributed by atoms with E-state index in [2.05, 4.69) is 44.1 Å². The van der Waals surface area contributed by atoms with Crippen LogP contribution in [0.25, 0.3) is 0 Å². The highest BCUT2D eigenvalue weighted by Gasteiger charge is 2.38. The Balaban J connectivity index is 2.27. The molecular formula is C17H25NO2. The van der Waals surface area contributed by atoms with Crippen molar-refractivity contribution in [3.05, 3.63) is 29.8 Å². The number of ether oxygens (including phenoxy) is 1. The number of rotatable bonds is 5. The molecule has 0 N–H and O–H groups in total. The lowest BCUT2D eigenvalue weighted by Gasteiger charge is -2.43. The zero-order valence-corrected chi connectivity index (χ0v) is 12.8. The van der Waals surface area contributed by atoms with Gasteiger partial charge in [-0.25, -0.2) is 0 Å². The molecule has 0 atom stereocenters. The molecule has 0 saturated heterocycles. The van der Waals surface area contributed by atoms with Crippen LogP contribution >= 0.6 is 0 Å². The van der Waals surface area contributed by atoms with Crippen LogP contribution in [0, 0.1) is 0 Å². The number of ketones is 1. The fraction of sp³-hybridized carbons (Fsp3) is 0.588. The SMILES string of the molecule is CCCOc1cccc(C2(N(C)C)CCC(=O)CC2)c1. The fourth-order valence-electron chi connectivity index (χ4n) is 3.03. The number of hydrogen-bond acceptors (Lipinski definition) is 3. The van der Waals surface area contributed by atoms with Gasteiger partial charge in [-0.2, -0.15) is 0 Å². The van der Waals surface area contributed by atoms with E-state index in [0.29, 0.717) is 18.6 Å². The maximum atomic E-state index is 11.6. The van der Waals surface area contributed by atoms with Crippen LogP contribution in [0.5, 0.6) is 5.75 Å². The summed E-state index contributed by atoms with van der Waals surface area (Å²) in [6.07, 6.45) is 4.17. The Morgan fingerprint density at radius 1 is 1.25 bits per heavy atom. The van der Waals surface area contributed by atoms with Gasteiger partial charge in [0.25, 0.3) is 0 Å². The van der Waals surface area contributed by atoms with E-state index in [1.165, 1.54) is 5.56 Å². The summed E-state index contributed by atoms with van der Waals surface area (Å²) in [4.78, 5) is 13.8. The summed E-state index contributed by atoms with van der Waals surface area (Å²) in [7, 11) is 4.21. The zero-order chi connectivity index (χ0) is 14.6. The highest BCUT2D eigenvalue weighted by molar-refractivity contribution is 5.79. The van der Waals surface area contributed by atoms with Gasteiger partial charge in [-0.05, 0) is 51.1 Å². The molecule has 1 aromatic carbocycles. The minimum absolute atomic E-state index is 0.0283. The molecule has 3 nitrogen and oxygen atoms in total. The second kappa shape index (κ2) is 6.40. The van der Waals surface area contributed by atoms with Crippen molar-refractivity contribution in [2.75, 3.05) is 20.7 Å². The van der Waals surface area contributed by atoms with Crippen LogP contribution in [-0.2, 0) is 10.3 Å². The largest absolute Gasteiger partial charge is 0.494 e. The number of hydrogen-bond donors (Lipinski definition) is 0. The first-order valence-corrected chi connectivity index (χ1v) is 7.51. The van der Waals surface area contributed by atoms with Gasteiger partial charge < -0.3 is 4.74 Å². The molecule has 1 saturated carbocycles. The van der Waals surface area contributed by atoms with Crippen molar-refractivity contribution in [3.8, 4) is 5.75 Å². The predicted molar refractivity (Wildman–Crippen MR) is 81.1 cm³/mol. The maximum absolute atomic E-state index is 11.6. The van der Waals surface area contributed by atoms with Gasteiger partial charge >= 0.3 is 0 Å². The van der Waals surface area contributed by atoms with Crippen LogP contribution in [0.3, 0.4) is 0 Å². The smallest absolute Gasteiger partial charge is 0.133 e. The molecule has 0 aliphatic heterocycles. The molecule has 0 amide bonds. The second-order valence-corrected chi connectivity index (χ2v) is 5.84. The van der Waals surface area contributed by atoms with Gasteiger partial charge in [-0.3, -0.25) is 9.69 Å². The van der Waals surface area contributed by atoms with E-state index < -0.39 is 0 Å². The molecule has 1 aliphatic rings. The van der Waals surface area contributed by atoms with E-state index in [0.717, 1.165) is 31.6 Å². The molecule has 0 spiro atoms. The lowest BCUT2D eigenvalue weighted by Crippen LogP contribution is -2.44. The number of benzene rings is 1. The normalized spacial score (nSPS) is 18.3. The Hall–Kier alpha value is -1.35. The number of carbonyl (C=O) groups is 1. The Bertz CT molecular complexity index is 458. The van der Waals surface area contributed by atoms with Crippen molar-refractivity contribution in [3.63, 3.8) is 0 Å². The zero-order valence-electron chi connectivity index (χ0n) is 12.8. The maximum Gasteiger partial charge on any atom is 0.133 e. The second-order valence-electron chi connectivity index (χ2n) is 5.84. The Kier molecular flexibility index (Phi) is 4.81. The highest BCUT2D eigenvalue weighted by Crippen LogP contribution is 2.40. The third-order valence-corrected chi connectivity index (χ3v) is 4.34. The first-order valence-electron chi connectivity index (χ1n) is 7.51. The minimum Gasteiger partial charge on any atom is -0.494 e. The summed E-state index contributed by atoms with van der Waals surface area (Å²) in [5.74, 6) is 1.32. The topological polar surface area (TPSA) is 29.5 Å². The van der Waals surface area contributed by atoms with Gasteiger partial charge in [-0.1, -0.05) is 19.1 Å². The monoisotopic (exact) mass is 275 g/mol. The van der Waals surface area contributed by atoms with Crippen molar-refractivity contribution in [1.82, 2.24) is 4.90 Å². The molecule has 0 heterocycles. The Labute approximate surface area is 121 Å². The molecule has 2 rings (SSSR count). The van der Waals surface area contributed by atoms with E-state index in [4.69, 9.17) is 4.74 Å². The molecule has 0 bridgehead atoms. The fourth-order valence-corrected chi connectivity index (χ4v) is 3.03. The lowest BCUT2D eigenvalue weighted by atomic mass is 9.75. The lowest BCUT2D eigenvalue weighted by molar-refractivity contribution is -0.122. The summed E-state index contributed by atoms with van der Waals surface area (Å²) in [5.41, 5.74) is 1.24. The van der Waals surface area contributed by atoms with E-state index in [1.54, 1.807) is 0 Å². The van der Waals surface area contributed by atoms with Gasteiger partial charge in [0, 0.05) is 18.4 Å². The molecule has 0 aromatic heterocycles. The average Bonchev–Trinajstić information content (AvgIpc) is 2.46. The Morgan fingerprint density at radius 3 is 2.55 bits per heavy atom. The molecule has 20 heavy (non-hydrogen) atoms. The molecule has 1 fully saturated rings. The third kappa shape index (κ3) is 3.04. The Morgan fingerprint density at radius 2 is 1.95 bits per heavy atom. The summed E-state index contributed by atoms with van der Waals surface area (Å²) >= 11 is 0. The van der Waals surface area contributed by atoms with E-state index in [1.807, 2.05) is 6.07 Å². The van der Waals surface area contributed by atoms with Gasteiger partial charge in [0.15, 0.2) is 0 Å². The number of Topliss-reactive ketones (excluding diaryl/α,β-unsaturated/α-hetero) is 1. The molecule has 1 aromatic rings. The van der Waals surface area contributed by atoms with Gasteiger partial charge in [0.2, 0.25) is 0 Å². The molecule has 3 heteroatoms. The van der Waals surface area contributed by atoms with Crippen molar-refractivity contribution in [2.24, 2.45) is 0 Å².